The molecule has 1 fully saturated rings. The number of hydrogen-bond donors (Lipinski definition) is 2. The van der Waals surface area contributed by atoms with Crippen molar-refractivity contribution in [2.75, 3.05) is 0 Å². The first-order valence-electron chi connectivity index (χ1n) is 15.4. The van der Waals surface area contributed by atoms with E-state index < -0.39 is 6.29 Å². The second-order valence-electron chi connectivity index (χ2n) is 11.5. The van der Waals surface area contributed by atoms with E-state index in [1.165, 1.54) is 0 Å². The van der Waals surface area contributed by atoms with Crippen LogP contribution >= 0.6 is 0 Å². The van der Waals surface area contributed by atoms with Gasteiger partial charge in [0.05, 0.1) is 48.3 Å². The van der Waals surface area contributed by atoms with Gasteiger partial charge in [0.1, 0.15) is 0 Å². The molecule has 3 unspecified atom stereocenters. The molecule has 1 aliphatic heterocycles. The highest BCUT2D eigenvalue weighted by atomic mass is 16.7. The molecule has 0 aliphatic carbocycles. The Balaban J connectivity index is 1.13. The van der Waals surface area contributed by atoms with Crippen LogP contribution in [-0.2, 0) is 29.2 Å². The molecule has 8 nitrogen and oxygen atoms in total. The van der Waals surface area contributed by atoms with Gasteiger partial charge < -0.3 is 24.5 Å². The van der Waals surface area contributed by atoms with Gasteiger partial charge >= 0.3 is 0 Å². The number of pyridine rings is 1. The zero-order valence-electron chi connectivity index (χ0n) is 25.2. The normalized spacial score (nSPS) is 18.0. The first-order chi connectivity index (χ1) is 22.6. The molecule has 8 heteroatoms. The fourth-order valence-electron chi connectivity index (χ4n) is 5.92. The maximum Gasteiger partial charge on any atom is 0.253 e. The number of ether oxygens (including phenoxy) is 2. The van der Waals surface area contributed by atoms with Crippen molar-refractivity contribution in [1.29, 1.82) is 0 Å². The molecule has 230 valence electrons. The number of imidazole rings is 1. The number of benzene rings is 4. The SMILES string of the molecule is O=C(NCc1cccc(-c2cccc(C3OC(Cn4cnc5ccccc54)CC(c4ccc(CO)cc4)O3)c2)c1)c1cccnc1. The molecule has 2 N–H and O–H groups in total. The molecule has 3 heterocycles. The van der Waals surface area contributed by atoms with Crippen LogP contribution in [-0.4, -0.2) is 31.7 Å². The van der Waals surface area contributed by atoms with Crippen molar-refractivity contribution in [3.8, 4) is 11.1 Å². The molecule has 1 saturated heterocycles. The standard InChI is InChI=1S/C38H34N4O4/c43-24-26-13-15-28(16-14-26)36-20-33(23-42-25-41-34-11-1-2-12-35(34)42)45-38(46-36)31-9-4-8-30(19-31)29-7-3-6-27(18-29)21-40-37(44)32-10-5-17-39-22-32/h1-19,22,25,33,36,38,43H,20-21,23-24H2,(H,40,44). The van der Waals surface area contributed by atoms with Gasteiger partial charge in [-0.3, -0.25) is 9.78 Å². The predicted molar refractivity (Wildman–Crippen MR) is 175 cm³/mol. The molecule has 7 rings (SSSR count). The Labute approximate surface area is 267 Å². The fraction of sp³-hybridized carbons (Fsp3) is 0.184. The number of fused-ring (bicyclic) bond motifs is 1. The topological polar surface area (TPSA) is 98.5 Å². The van der Waals surface area contributed by atoms with Gasteiger partial charge in [-0.1, -0.05) is 72.8 Å². The number of carbonyl (C=O) groups is 1. The summed E-state index contributed by atoms with van der Waals surface area (Å²) in [5.74, 6) is -0.161. The number of rotatable bonds is 9. The number of carbonyl (C=O) groups excluding carboxylic acids is 1. The average molecular weight is 611 g/mol. The summed E-state index contributed by atoms with van der Waals surface area (Å²) in [6.45, 7) is 1.04. The Kier molecular flexibility index (Phi) is 8.65. The van der Waals surface area contributed by atoms with Gasteiger partial charge in [-0.25, -0.2) is 4.98 Å². The Morgan fingerprint density at radius 3 is 2.50 bits per heavy atom. The Hall–Kier alpha value is -5.15. The molecule has 0 saturated carbocycles. The van der Waals surface area contributed by atoms with Crippen LogP contribution in [0.2, 0.25) is 0 Å². The van der Waals surface area contributed by atoms with Crippen LogP contribution in [0.3, 0.4) is 0 Å². The van der Waals surface area contributed by atoms with Crippen molar-refractivity contribution in [1.82, 2.24) is 19.9 Å². The number of para-hydroxylation sites is 2. The van der Waals surface area contributed by atoms with Crippen LogP contribution in [0.25, 0.3) is 22.2 Å². The fourth-order valence-corrected chi connectivity index (χ4v) is 5.92. The smallest absolute Gasteiger partial charge is 0.253 e. The van der Waals surface area contributed by atoms with Crippen LogP contribution in [0.15, 0.2) is 128 Å². The molecule has 0 bridgehead atoms. The molecular weight excluding hydrogens is 576 g/mol. The summed E-state index contributed by atoms with van der Waals surface area (Å²) in [5, 5.41) is 12.5. The average Bonchev–Trinajstić information content (AvgIpc) is 3.53. The highest BCUT2D eigenvalue weighted by Gasteiger charge is 2.33. The van der Waals surface area contributed by atoms with Crippen molar-refractivity contribution < 1.29 is 19.4 Å². The van der Waals surface area contributed by atoms with Crippen molar-refractivity contribution in [3.63, 3.8) is 0 Å². The van der Waals surface area contributed by atoms with Crippen molar-refractivity contribution in [2.45, 2.75) is 44.6 Å². The molecule has 0 spiro atoms. The van der Waals surface area contributed by atoms with Gasteiger partial charge in [0.15, 0.2) is 6.29 Å². The van der Waals surface area contributed by atoms with Crippen LogP contribution in [0.4, 0.5) is 0 Å². The Bertz CT molecular complexity index is 1940. The number of nitrogens with one attached hydrogen (secondary N) is 1. The minimum atomic E-state index is -0.585. The maximum absolute atomic E-state index is 12.5. The molecule has 2 aromatic heterocycles. The molecule has 46 heavy (non-hydrogen) atoms. The quantitative estimate of drug-likeness (QED) is 0.188. The van der Waals surface area contributed by atoms with E-state index in [9.17, 15) is 9.90 Å². The second-order valence-corrected chi connectivity index (χ2v) is 11.5. The van der Waals surface area contributed by atoms with E-state index in [1.807, 2.05) is 73.1 Å². The number of hydrogen-bond acceptors (Lipinski definition) is 6. The summed E-state index contributed by atoms with van der Waals surface area (Å²) in [6.07, 6.45) is 4.84. The van der Waals surface area contributed by atoms with Gasteiger partial charge in [0.25, 0.3) is 5.91 Å². The summed E-state index contributed by atoms with van der Waals surface area (Å²) in [6, 6.07) is 35.9. The van der Waals surface area contributed by atoms with E-state index >= 15 is 0 Å². The lowest BCUT2D eigenvalue weighted by Crippen LogP contribution is -2.32. The van der Waals surface area contributed by atoms with Gasteiger partial charge in [-0.05, 0) is 64.2 Å². The highest BCUT2D eigenvalue weighted by Crippen LogP contribution is 2.39. The third-order valence-corrected chi connectivity index (χ3v) is 8.34. The first kappa shape index (κ1) is 29.6. The zero-order chi connectivity index (χ0) is 31.3. The number of aliphatic hydroxyl groups excluding tert-OH is 1. The lowest BCUT2D eigenvalue weighted by Gasteiger charge is -2.36. The molecule has 1 amide bonds. The number of aliphatic hydroxyl groups is 1. The zero-order valence-corrected chi connectivity index (χ0v) is 25.2. The summed E-state index contributed by atoms with van der Waals surface area (Å²) in [5.41, 5.74) is 8.42. The van der Waals surface area contributed by atoms with Crippen LogP contribution in [0.5, 0.6) is 0 Å². The Morgan fingerprint density at radius 1 is 0.848 bits per heavy atom. The van der Waals surface area contributed by atoms with Gasteiger partial charge in [0.2, 0.25) is 0 Å². The van der Waals surface area contributed by atoms with E-state index in [4.69, 9.17) is 9.47 Å². The van der Waals surface area contributed by atoms with Crippen LogP contribution in [0.1, 0.15) is 51.4 Å². The highest BCUT2D eigenvalue weighted by molar-refractivity contribution is 5.93. The van der Waals surface area contributed by atoms with Gasteiger partial charge in [-0.15, -0.1) is 0 Å². The monoisotopic (exact) mass is 610 g/mol. The third kappa shape index (κ3) is 6.60. The maximum atomic E-state index is 12.5. The molecule has 1 aliphatic rings. The lowest BCUT2D eigenvalue weighted by atomic mass is 9.98. The van der Waals surface area contributed by atoms with E-state index in [0.29, 0.717) is 25.1 Å². The minimum Gasteiger partial charge on any atom is -0.392 e. The summed E-state index contributed by atoms with van der Waals surface area (Å²) >= 11 is 0. The predicted octanol–water partition coefficient (Wildman–Crippen LogP) is 6.77. The minimum absolute atomic E-state index is 0.00125. The summed E-state index contributed by atoms with van der Waals surface area (Å²) in [4.78, 5) is 21.2. The molecule has 4 aromatic carbocycles. The van der Waals surface area contributed by atoms with E-state index in [-0.39, 0.29) is 24.7 Å². The lowest BCUT2D eigenvalue weighted by molar-refractivity contribution is -0.252. The molecule has 3 atom stereocenters. The van der Waals surface area contributed by atoms with E-state index in [1.54, 1.807) is 24.5 Å². The summed E-state index contributed by atoms with van der Waals surface area (Å²) < 4.78 is 15.4. The number of amides is 1. The van der Waals surface area contributed by atoms with Crippen molar-refractivity contribution in [2.24, 2.45) is 0 Å². The largest absolute Gasteiger partial charge is 0.392 e. The molecule has 6 aromatic rings. The van der Waals surface area contributed by atoms with Crippen LogP contribution < -0.4 is 5.32 Å². The van der Waals surface area contributed by atoms with Crippen molar-refractivity contribution in [3.05, 3.63) is 156 Å². The van der Waals surface area contributed by atoms with E-state index in [0.717, 1.165) is 44.4 Å². The van der Waals surface area contributed by atoms with Crippen molar-refractivity contribution >= 4 is 16.9 Å². The number of nitrogens with zero attached hydrogens (tertiary/aromatic N) is 3. The van der Waals surface area contributed by atoms with E-state index in [2.05, 4.69) is 50.2 Å². The van der Waals surface area contributed by atoms with Gasteiger partial charge in [0, 0.05) is 30.9 Å². The van der Waals surface area contributed by atoms with Gasteiger partial charge in [-0.2, -0.15) is 0 Å². The molecular formula is C38H34N4O4. The third-order valence-electron chi connectivity index (χ3n) is 8.34. The van der Waals surface area contributed by atoms with Crippen LogP contribution in [0, 0.1) is 0 Å². The first-order valence-corrected chi connectivity index (χ1v) is 15.4. The summed E-state index contributed by atoms with van der Waals surface area (Å²) in [7, 11) is 0. The molecule has 0 radical (unpaired) electrons. The second kappa shape index (κ2) is 13.5. The Morgan fingerprint density at radius 2 is 1.67 bits per heavy atom. The number of aromatic nitrogens is 3.